The smallest absolute Gasteiger partial charge is 1.00 e. The fourth-order valence-electron chi connectivity index (χ4n) is 0.759. The summed E-state index contributed by atoms with van der Waals surface area (Å²) in [5.74, 6) is 0. The summed E-state index contributed by atoms with van der Waals surface area (Å²) in [6, 6.07) is 9.18. The van der Waals surface area contributed by atoms with E-state index >= 15 is 0 Å². The van der Waals surface area contributed by atoms with Crippen molar-refractivity contribution in [2.24, 2.45) is 0 Å². The normalized spacial score (nSPS) is 11.8. The van der Waals surface area contributed by atoms with Crippen LogP contribution < -0.4 is 0 Å². The van der Waals surface area contributed by atoms with E-state index in [0.29, 0.717) is 6.61 Å². The molecular formula is C9H14CaO2S. The van der Waals surface area contributed by atoms with Crippen molar-refractivity contribution in [3.05, 3.63) is 30.3 Å². The van der Waals surface area contributed by atoms with Crippen LogP contribution in [0.1, 0.15) is 16.2 Å². The van der Waals surface area contributed by atoms with E-state index in [4.69, 9.17) is 4.18 Å². The summed E-state index contributed by atoms with van der Waals surface area (Å²) in [6.45, 7) is 2.53. The zero-order valence-electron chi connectivity index (χ0n) is 9.73. The van der Waals surface area contributed by atoms with Gasteiger partial charge in [-0.05, 0) is 18.6 Å². The second kappa shape index (κ2) is 7.94. The molecule has 0 saturated carbocycles. The topological polar surface area (TPSA) is 26.3 Å². The first kappa shape index (κ1) is 13.6. The summed E-state index contributed by atoms with van der Waals surface area (Å²) in [5.41, 5.74) is 0. The Balaban J connectivity index is -0.000000480. The molecule has 4 heteroatoms. The van der Waals surface area contributed by atoms with Gasteiger partial charge in [-0.25, -0.2) is 4.21 Å². The summed E-state index contributed by atoms with van der Waals surface area (Å²) in [6.07, 6.45) is 0.887. The van der Waals surface area contributed by atoms with Gasteiger partial charge in [-0.2, -0.15) is 0 Å². The van der Waals surface area contributed by atoms with Gasteiger partial charge in [0.25, 0.3) is 0 Å². The summed E-state index contributed by atoms with van der Waals surface area (Å²) in [4.78, 5) is 0.728. The Labute approximate surface area is 114 Å². The van der Waals surface area contributed by atoms with Crippen molar-refractivity contribution in [3.8, 4) is 0 Å². The molecule has 0 amide bonds. The molecule has 1 atom stereocenters. The van der Waals surface area contributed by atoms with E-state index < -0.39 is 11.1 Å². The maximum absolute atomic E-state index is 11.3. The predicted octanol–water partition coefficient (Wildman–Crippen LogP) is 1.98. The molecule has 0 aromatic heterocycles. The summed E-state index contributed by atoms with van der Waals surface area (Å²) >= 11 is -1.28. The minimum atomic E-state index is -1.28. The van der Waals surface area contributed by atoms with Gasteiger partial charge in [0.1, 0.15) is 0 Å². The van der Waals surface area contributed by atoms with Gasteiger partial charge in [0.15, 0.2) is 11.1 Å². The monoisotopic (exact) mass is 226 g/mol. The van der Waals surface area contributed by atoms with Gasteiger partial charge in [0, 0.05) is 0 Å². The predicted molar refractivity (Wildman–Crippen MR) is 57.1 cm³/mol. The van der Waals surface area contributed by atoms with Gasteiger partial charge in [-0.1, -0.05) is 25.1 Å². The van der Waals surface area contributed by atoms with E-state index in [-0.39, 0.29) is 40.6 Å². The van der Waals surface area contributed by atoms with Crippen molar-refractivity contribution in [3.63, 3.8) is 0 Å². The quantitative estimate of drug-likeness (QED) is 0.734. The Kier molecular flexibility index (Phi) is 8.30. The Morgan fingerprint density at radius 1 is 1.38 bits per heavy atom. The van der Waals surface area contributed by atoms with E-state index in [1.165, 1.54) is 0 Å². The third-order valence-corrected chi connectivity index (χ3v) is 2.37. The molecule has 0 aliphatic rings. The molecule has 0 aliphatic heterocycles. The number of hydrogen-bond donors (Lipinski definition) is 0. The molecule has 0 radical (unpaired) electrons. The van der Waals surface area contributed by atoms with Crippen LogP contribution in [0.2, 0.25) is 0 Å². The molecule has 0 aliphatic carbocycles. The van der Waals surface area contributed by atoms with Crippen molar-refractivity contribution in [1.29, 1.82) is 0 Å². The Bertz CT molecular complexity index is 260. The first-order valence-corrected chi connectivity index (χ1v) is 5.02. The Morgan fingerprint density at radius 2 is 2.00 bits per heavy atom. The maximum Gasteiger partial charge on any atom is 2.00 e. The fraction of sp³-hybridized carbons (Fsp3) is 0.333. The zero-order chi connectivity index (χ0) is 8.81. The van der Waals surface area contributed by atoms with Crippen molar-refractivity contribution in [1.82, 2.24) is 0 Å². The van der Waals surface area contributed by atoms with Gasteiger partial charge in [-0.3, -0.25) is 4.18 Å². The van der Waals surface area contributed by atoms with Crippen LogP contribution in [0.15, 0.2) is 35.2 Å². The first-order valence-electron chi connectivity index (χ1n) is 3.94. The van der Waals surface area contributed by atoms with Crippen molar-refractivity contribution >= 4 is 48.8 Å². The molecule has 1 unspecified atom stereocenters. The number of benzene rings is 1. The molecule has 1 aromatic rings. The van der Waals surface area contributed by atoms with Crippen LogP contribution in [0.5, 0.6) is 0 Å². The molecule has 0 N–H and O–H groups in total. The van der Waals surface area contributed by atoms with Crippen LogP contribution in [0.25, 0.3) is 0 Å². The van der Waals surface area contributed by atoms with E-state index in [1.54, 1.807) is 12.1 Å². The SMILES string of the molecule is CCCOS(=O)c1ccccc1.[Ca+2].[H-].[H-]. The molecule has 0 fully saturated rings. The molecule has 1 rings (SSSR count). The van der Waals surface area contributed by atoms with Crippen LogP contribution in [-0.2, 0) is 15.3 Å². The first-order chi connectivity index (χ1) is 5.84. The van der Waals surface area contributed by atoms with Crippen molar-refractivity contribution in [2.75, 3.05) is 6.61 Å². The number of hydrogen-bond acceptors (Lipinski definition) is 2. The van der Waals surface area contributed by atoms with Gasteiger partial charge in [0.2, 0.25) is 0 Å². The molecule has 13 heavy (non-hydrogen) atoms. The van der Waals surface area contributed by atoms with Crippen LogP contribution in [0.3, 0.4) is 0 Å². The largest absolute Gasteiger partial charge is 2.00 e. The molecule has 0 spiro atoms. The van der Waals surface area contributed by atoms with E-state index in [0.717, 1.165) is 11.3 Å². The summed E-state index contributed by atoms with van der Waals surface area (Å²) < 4.78 is 16.3. The summed E-state index contributed by atoms with van der Waals surface area (Å²) in [5, 5.41) is 0. The van der Waals surface area contributed by atoms with E-state index in [2.05, 4.69) is 0 Å². The van der Waals surface area contributed by atoms with Crippen molar-refractivity contribution in [2.45, 2.75) is 18.2 Å². The molecule has 2 nitrogen and oxygen atoms in total. The average molecular weight is 226 g/mol. The van der Waals surface area contributed by atoms with Crippen molar-refractivity contribution < 1.29 is 11.2 Å². The minimum absolute atomic E-state index is 0. The fourth-order valence-corrected chi connectivity index (χ4v) is 1.59. The van der Waals surface area contributed by atoms with Gasteiger partial charge in [-0.15, -0.1) is 0 Å². The summed E-state index contributed by atoms with van der Waals surface area (Å²) in [7, 11) is 0. The molecular weight excluding hydrogens is 212 g/mol. The van der Waals surface area contributed by atoms with Crippen LogP contribution in [0, 0.1) is 0 Å². The molecule has 0 saturated heterocycles. The van der Waals surface area contributed by atoms with Gasteiger partial charge >= 0.3 is 37.7 Å². The maximum atomic E-state index is 11.3. The van der Waals surface area contributed by atoms with E-state index in [9.17, 15) is 4.21 Å². The van der Waals surface area contributed by atoms with Crippen LogP contribution in [-0.4, -0.2) is 48.6 Å². The number of rotatable bonds is 4. The van der Waals surface area contributed by atoms with Crippen LogP contribution in [0.4, 0.5) is 0 Å². The van der Waals surface area contributed by atoms with E-state index in [1.807, 2.05) is 25.1 Å². The third-order valence-electron chi connectivity index (χ3n) is 1.33. The zero-order valence-corrected chi connectivity index (χ0v) is 10.8. The van der Waals surface area contributed by atoms with Crippen LogP contribution >= 0.6 is 0 Å². The standard InChI is InChI=1S/C9H12O2S.Ca.2H/c1-2-8-11-12(10)9-6-4-3-5-7-9;;;/h3-7H,2,8H2,1H3;;;/q;+2;2*-1. The molecule has 70 valence electrons. The average Bonchev–Trinajstić information content (AvgIpc) is 2.15. The molecule has 0 bridgehead atoms. The minimum Gasteiger partial charge on any atom is -1.00 e. The second-order valence-corrected chi connectivity index (χ2v) is 3.55. The van der Waals surface area contributed by atoms with Gasteiger partial charge < -0.3 is 2.85 Å². The Hall–Kier alpha value is 0.590. The second-order valence-electron chi connectivity index (χ2n) is 2.37. The molecule has 0 heterocycles. The molecule has 1 aromatic carbocycles. The van der Waals surface area contributed by atoms with Gasteiger partial charge in [0.05, 0.1) is 11.5 Å². The Morgan fingerprint density at radius 3 is 2.54 bits per heavy atom. The third kappa shape index (κ3) is 5.13.